The first-order chi connectivity index (χ1) is 21.0. The standard InChI is InChI=1S/C34H58O11/c1-18-13-20(3)34(39,17-35)44-28(18)25-14-19(2)30(41-25)32(7)10-9-26(42-32)31(6)11-12-33(45-31)16-23(36)21(4)29(43-33)22(5)24(40-8)15-27(37)38/h18-26,28-30,35-36,39H,9-17H2,1-8H3,(H,37,38)/t18-,19-,20+,21+,22-,23-,24-,25+,26+,28-,29-,30+,31-,32-,33+,34-/m0/s1. The molecule has 0 aromatic rings. The van der Waals surface area contributed by atoms with Crippen molar-refractivity contribution in [2.24, 2.45) is 29.6 Å². The first-order valence-corrected chi connectivity index (χ1v) is 17.1. The van der Waals surface area contributed by atoms with Gasteiger partial charge in [0.15, 0.2) is 11.6 Å². The number of aliphatic hydroxyl groups is 3. The molecule has 0 aliphatic carbocycles. The van der Waals surface area contributed by atoms with Crippen molar-refractivity contribution in [1.29, 1.82) is 0 Å². The number of carboxylic acid groups (broad SMARTS) is 1. The van der Waals surface area contributed by atoms with Crippen LogP contribution in [0.3, 0.4) is 0 Å². The van der Waals surface area contributed by atoms with E-state index in [1.807, 2.05) is 20.8 Å². The Morgan fingerprint density at radius 3 is 2.36 bits per heavy atom. The number of rotatable bonds is 9. The van der Waals surface area contributed by atoms with Gasteiger partial charge in [0.1, 0.15) is 0 Å². The summed E-state index contributed by atoms with van der Waals surface area (Å²) in [7, 11) is 1.51. The molecular formula is C34H58O11. The molecule has 4 N–H and O–H groups in total. The van der Waals surface area contributed by atoms with Crippen molar-refractivity contribution in [3.63, 3.8) is 0 Å². The number of methoxy groups -OCH3 is 1. The number of hydrogen-bond acceptors (Lipinski definition) is 10. The molecule has 5 saturated heterocycles. The SMILES string of the molecule is CO[C@@H](CC(=O)O)[C@H](C)[C@H]1O[C@@]2(CC[C@@](C)([C@H]3CC[C@@](C)([C@@H]4O[C@@H]([C@H]5O[C@@](O)(CO)[C@H](C)C[C@@H]5C)C[C@@H]4C)O3)O2)C[C@H](O)[C@H]1C. The van der Waals surface area contributed by atoms with E-state index in [4.69, 9.17) is 28.4 Å². The molecule has 5 heterocycles. The maximum Gasteiger partial charge on any atom is 0.305 e. The molecule has 5 rings (SSSR count). The van der Waals surface area contributed by atoms with Gasteiger partial charge in [0.05, 0.1) is 67.0 Å². The normalized spacial score (nSPS) is 51.9. The van der Waals surface area contributed by atoms with Gasteiger partial charge in [-0.1, -0.05) is 34.6 Å². The van der Waals surface area contributed by atoms with Gasteiger partial charge in [0.25, 0.3) is 0 Å². The van der Waals surface area contributed by atoms with Crippen LogP contribution in [-0.4, -0.2) is 106 Å². The number of hydrogen-bond donors (Lipinski definition) is 4. The van der Waals surface area contributed by atoms with Gasteiger partial charge in [0.2, 0.25) is 0 Å². The molecule has 0 aromatic carbocycles. The van der Waals surface area contributed by atoms with Crippen LogP contribution in [0.15, 0.2) is 0 Å². The van der Waals surface area contributed by atoms with Crippen molar-refractivity contribution in [1.82, 2.24) is 0 Å². The molecule has 45 heavy (non-hydrogen) atoms. The van der Waals surface area contributed by atoms with E-state index in [2.05, 4.69) is 27.7 Å². The van der Waals surface area contributed by atoms with Crippen LogP contribution in [0.1, 0.15) is 99.8 Å². The van der Waals surface area contributed by atoms with E-state index < -0.39 is 53.7 Å². The third-order valence-corrected chi connectivity index (χ3v) is 12.2. The maximum atomic E-state index is 11.5. The summed E-state index contributed by atoms with van der Waals surface area (Å²) >= 11 is 0. The van der Waals surface area contributed by atoms with Crippen LogP contribution in [0.5, 0.6) is 0 Å². The largest absolute Gasteiger partial charge is 0.481 e. The molecule has 260 valence electrons. The molecule has 0 unspecified atom stereocenters. The minimum atomic E-state index is -1.56. The summed E-state index contributed by atoms with van der Waals surface area (Å²) in [4.78, 5) is 11.5. The number of carboxylic acids is 1. The van der Waals surface area contributed by atoms with Crippen molar-refractivity contribution in [3.8, 4) is 0 Å². The van der Waals surface area contributed by atoms with Crippen LogP contribution in [0.4, 0.5) is 0 Å². The minimum Gasteiger partial charge on any atom is -0.481 e. The van der Waals surface area contributed by atoms with Crippen LogP contribution >= 0.6 is 0 Å². The summed E-state index contributed by atoms with van der Waals surface area (Å²) in [5.74, 6) is -3.74. The van der Waals surface area contributed by atoms with Gasteiger partial charge in [-0.2, -0.15) is 0 Å². The molecule has 0 amide bonds. The topological polar surface area (TPSA) is 153 Å². The Hall–Kier alpha value is -0.890. The lowest BCUT2D eigenvalue weighted by Gasteiger charge is -2.48. The zero-order valence-corrected chi connectivity index (χ0v) is 28.4. The van der Waals surface area contributed by atoms with Gasteiger partial charge in [-0.3, -0.25) is 4.79 Å². The minimum absolute atomic E-state index is 0.143. The Labute approximate surface area is 268 Å². The maximum absolute atomic E-state index is 11.5. The fourth-order valence-electron chi connectivity index (χ4n) is 9.30. The van der Waals surface area contributed by atoms with E-state index in [1.165, 1.54) is 7.11 Å². The van der Waals surface area contributed by atoms with Gasteiger partial charge < -0.3 is 48.8 Å². The van der Waals surface area contributed by atoms with Crippen molar-refractivity contribution in [2.45, 2.75) is 165 Å². The van der Waals surface area contributed by atoms with E-state index in [0.717, 1.165) is 25.7 Å². The highest BCUT2D eigenvalue weighted by atomic mass is 16.7. The van der Waals surface area contributed by atoms with Crippen molar-refractivity contribution in [3.05, 3.63) is 0 Å². The van der Waals surface area contributed by atoms with Gasteiger partial charge in [-0.05, 0) is 57.8 Å². The summed E-state index contributed by atoms with van der Waals surface area (Å²) in [5.41, 5.74) is -1.18. The fourth-order valence-corrected chi connectivity index (χ4v) is 9.30. The summed E-state index contributed by atoms with van der Waals surface area (Å²) in [5, 5.41) is 41.3. The lowest BCUT2D eigenvalue weighted by atomic mass is 9.80. The van der Waals surface area contributed by atoms with Crippen molar-refractivity contribution < 1.29 is 53.6 Å². The predicted octanol–water partition coefficient (Wildman–Crippen LogP) is 3.64. The summed E-state index contributed by atoms with van der Waals surface area (Å²) < 4.78 is 38.9. The Morgan fingerprint density at radius 2 is 1.71 bits per heavy atom. The average Bonchev–Trinajstić information content (AvgIpc) is 3.67. The van der Waals surface area contributed by atoms with E-state index in [-0.39, 0.29) is 60.4 Å². The number of aliphatic carboxylic acids is 1. The van der Waals surface area contributed by atoms with Crippen LogP contribution in [0.2, 0.25) is 0 Å². The third-order valence-electron chi connectivity index (χ3n) is 12.2. The lowest BCUT2D eigenvalue weighted by molar-refractivity contribution is -0.335. The second kappa shape index (κ2) is 12.9. The molecule has 5 fully saturated rings. The summed E-state index contributed by atoms with van der Waals surface area (Å²) in [6, 6.07) is 0. The van der Waals surface area contributed by atoms with Gasteiger partial charge >= 0.3 is 5.97 Å². The van der Waals surface area contributed by atoms with Crippen LogP contribution < -0.4 is 0 Å². The van der Waals surface area contributed by atoms with Gasteiger partial charge in [-0.15, -0.1) is 0 Å². The molecule has 16 atom stereocenters. The molecule has 1 spiro atoms. The zero-order valence-electron chi connectivity index (χ0n) is 28.4. The van der Waals surface area contributed by atoms with E-state index in [1.54, 1.807) is 0 Å². The molecule has 0 bridgehead atoms. The molecule has 0 aromatic heterocycles. The molecular weight excluding hydrogens is 584 g/mol. The Morgan fingerprint density at radius 1 is 1.00 bits per heavy atom. The quantitative estimate of drug-likeness (QED) is 0.292. The number of ether oxygens (including phenoxy) is 6. The van der Waals surface area contributed by atoms with Crippen LogP contribution in [-0.2, 0) is 33.2 Å². The molecule has 11 heteroatoms. The number of carbonyl (C=O) groups is 1. The number of aliphatic hydroxyl groups excluding tert-OH is 2. The molecule has 11 nitrogen and oxygen atoms in total. The predicted molar refractivity (Wildman–Crippen MR) is 163 cm³/mol. The smallest absolute Gasteiger partial charge is 0.305 e. The monoisotopic (exact) mass is 642 g/mol. The lowest BCUT2D eigenvalue weighted by Crippen LogP contribution is -2.56. The van der Waals surface area contributed by atoms with Gasteiger partial charge in [0, 0.05) is 37.7 Å². The fraction of sp³-hybridized carbons (Fsp3) is 0.971. The van der Waals surface area contributed by atoms with E-state index in [0.29, 0.717) is 19.3 Å². The van der Waals surface area contributed by atoms with E-state index >= 15 is 0 Å². The summed E-state index contributed by atoms with van der Waals surface area (Å²) in [6.07, 6.45) is 2.09. The first-order valence-electron chi connectivity index (χ1n) is 17.1. The van der Waals surface area contributed by atoms with E-state index in [9.17, 15) is 25.2 Å². The Balaban J connectivity index is 1.25. The van der Waals surface area contributed by atoms with Gasteiger partial charge in [-0.25, -0.2) is 0 Å². The van der Waals surface area contributed by atoms with Crippen molar-refractivity contribution in [2.75, 3.05) is 13.7 Å². The highest BCUT2D eigenvalue weighted by Crippen LogP contribution is 2.54. The molecule has 5 aliphatic rings. The van der Waals surface area contributed by atoms with Crippen LogP contribution in [0.25, 0.3) is 0 Å². The average molecular weight is 643 g/mol. The highest BCUT2D eigenvalue weighted by Gasteiger charge is 2.61. The first kappa shape index (κ1) is 35.4. The van der Waals surface area contributed by atoms with Crippen LogP contribution in [0, 0.1) is 29.6 Å². The third kappa shape index (κ3) is 6.59. The highest BCUT2D eigenvalue weighted by molar-refractivity contribution is 5.67. The summed E-state index contributed by atoms with van der Waals surface area (Å²) in [6.45, 7) is 13.8. The second-order valence-corrected chi connectivity index (χ2v) is 15.7. The zero-order chi connectivity index (χ0) is 33.1. The Kier molecular flexibility index (Phi) is 10.1. The Bertz CT molecular complexity index is 1060. The molecule has 5 aliphatic heterocycles. The van der Waals surface area contributed by atoms with Crippen molar-refractivity contribution >= 4 is 5.97 Å². The molecule has 0 radical (unpaired) electrons. The molecule has 0 saturated carbocycles. The second-order valence-electron chi connectivity index (χ2n) is 15.7.